The van der Waals surface area contributed by atoms with Gasteiger partial charge < -0.3 is 20.1 Å². The number of ether oxygens (including phenoxy) is 1. The molecule has 2 N–H and O–H groups in total. The maximum absolute atomic E-state index is 12.2. The van der Waals surface area contributed by atoms with Crippen molar-refractivity contribution >= 4 is 23.5 Å². The van der Waals surface area contributed by atoms with Crippen molar-refractivity contribution in [1.82, 2.24) is 5.32 Å². The fourth-order valence-electron chi connectivity index (χ4n) is 3.40. The molecule has 1 aromatic rings. The lowest BCUT2D eigenvalue weighted by Crippen LogP contribution is -2.43. The van der Waals surface area contributed by atoms with Gasteiger partial charge >= 0.3 is 5.97 Å². The summed E-state index contributed by atoms with van der Waals surface area (Å²) >= 11 is 0. The molecule has 0 spiro atoms. The lowest BCUT2D eigenvalue weighted by molar-refractivity contribution is -0.142. The van der Waals surface area contributed by atoms with Crippen LogP contribution in [0.4, 0.5) is 5.69 Å². The van der Waals surface area contributed by atoms with Crippen LogP contribution in [0.5, 0.6) is 5.75 Å². The van der Waals surface area contributed by atoms with Gasteiger partial charge in [0.05, 0.1) is 11.6 Å². The Morgan fingerprint density at radius 2 is 1.92 bits per heavy atom. The molecule has 0 saturated heterocycles. The minimum atomic E-state index is -0.755. The Kier molecular flexibility index (Phi) is 5.21. The molecule has 0 bridgehead atoms. The standard InChI is InChI=1S/C18H22N2O5/c21-16(19-13-7-5-12(6-8-13)18(23)24)9-10-20-14-3-1-2-4-15(14)25-11-17(20)22/h1-4,12-13H,5-11H2,(H,19,21)(H,23,24). The van der Waals surface area contributed by atoms with Gasteiger partial charge in [-0.05, 0) is 37.8 Å². The number of hydrogen-bond donors (Lipinski definition) is 2. The second-order valence-electron chi connectivity index (χ2n) is 6.51. The normalized spacial score (nSPS) is 22.7. The van der Waals surface area contributed by atoms with Crippen LogP contribution in [0, 0.1) is 5.92 Å². The number of fused-ring (bicyclic) bond motifs is 1. The van der Waals surface area contributed by atoms with E-state index in [0.717, 1.165) is 0 Å². The van der Waals surface area contributed by atoms with E-state index in [4.69, 9.17) is 9.84 Å². The van der Waals surface area contributed by atoms with Gasteiger partial charge in [-0.1, -0.05) is 12.1 Å². The molecule has 2 amide bonds. The van der Waals surface area contributed by atoms with Crippen molar-refractivity contribution in [2.24, 2.45) is 5.92 Å². The molecule has 1 heterocycles. The molecule has 0 unspecified atom stereocenters. The maximum atomic E-state index is 12.2. The van der Waals surface area contributed by atoms with Crippen molar-refractivity contribution in [3.8, 4) is 5.75 Å². The minimum Gasteiger partial charge on any atom is -0.482 e. The highest BCUT2D eigenvalue weighted by molar-refractivity contribution is 5.98. The Bertz CT molecular complexity index is 667. The number of nitrogens with one attached hydrogen (secondary N) is 1. The smallest absolute Gasteiger partial charge is 0.306 e. The number of carboxylic acids is 1. The number of aliphatic carboxylic acids is 1. The first-order chi connectivity index (χ1) is 12.0. The van der Waals surface area contributed by atoms with Crippen molar-refractivity contribution in [1.29, 1.82) is 0 Å². The van der Waals surface area contributed by atoms with Crippen LogP contribution >= 0.6 is 0 Å². The topological polar surface area (TPSA) is 95.9 Å². The maximum Gasteiger partial charge on any atom is 0.306 e. The number of rotatable bonds is 5. The number of carbonyl (C=O) groups excluding carboxylic acids is 2. The van der Waals surface area contributed by atoms with E-state index in [0.29, 0.717) is 43.7 Å². The molecule has 3 rings (SSSR count). The molecular weight excluding hydrogens is 324 g/mol. The van der Waals surface area contributed by atoms with Crippen LogP contribution in [0.2, 0.25) is 0 Å². The quantitative estimate of drug-likeness (QED) is 0.843. The zero-order valence-corrected chi connectivity index (χ0v) is 13.9. The molecule has 1 aliphatic carbocycles. The summed E-state index contributed by atoms with van der Waals surface area (Å²) in [4.78, 5) is 36.8. The predicted molar refractivity (Wildman–Crippen MR) is 90.4 cm³/mol. The number of nitrogens with zero attached hydrogens (tertiary/aromatic N) is 1. The number of benzene rings is 1. The summed E-state index contributed by atoms with van der Waals surface area (Å²) in [5, 5.41) is 12.0. The van der Waals surface area contributed by atoms with Gasteiger partial charge in [0.25, 0.3) is 5.91 Å². The van der Waals surface area contributed by atoms with E-state index in [9.17, 15) is 14.4 Å². The fraction of sp³-hybridized carbons (Fsp3) is 0.500. The van der Waals surface area contributed by atoms with Crippen molar-refractivity contribution in [2.75, 3.05) is 18.1 Å². The number of carboxylic acid groups (broad SMARTS) is 1. The summed E-state index contributed by atoms with van der Waals surface area (Å²) in [6.45, 7) is 0.285. The molecule has 0 atom stereocenters. The third kappa shape index (κ3) is 4.10. The van der Waals surface area contributed by atoms with Gasteiger partial charge in [-0.25, -0.2) is 0 Å². The highest BCUT2D eigenvalue weighted by Crippen LogP contribution is 2.31. The third-order valence-corrected chi connectivity index (χ3v) is 4.81. The first-order valence-corrected chi connectivity index (χ1v) is 8.59. The molecule has 0 aromatic heterocycles. The fourth-order valence-corrected chi connectivity index (χ4v) is 3.40. The van der Waals surface area contributed by atoms with Crippen LogP contribution in [-0.2, 0) is 14.4 Å². The summed E-state index contributed by atoms with van der Waals surface area (Å²) in [5.41, 5.74) is 0.688. The Balaban J connectivity index is 1.50. The average Bonchev–Trinajstić information content (AvgIpc) is 2.61. The van der Waals surface area contributed by atoms with E-state index in [-0.39, 0.29) is 36.8 Å². The third-order valence-electron chi connectivity index (χ3n) is 4.81. The molecular formula is C18H22N2O5. The van der Waals surface area contributed by atoms with Gasteiger partial charge in [-0.2, -0.15) is 0 Å². The van der Waals surface area contributed by atoms with Crippen LogP contribution in [0.1, 0.15) is 32.1 Å². The van der Waals surface area contributed by atoms with Crippen LogP contribution in [-0.4, -0.2) is 42.1 Å². The molecule has 7 nitrogen and oxygen atoms in total. The van der Waals surface area contributed by atoms with Gasteiger partial charge in [0, 0.05) is 19.0 Å². The molecule has 134 valence electrons. The van der Waals surface area contributed by atoms with Crippen LogP contribution in [0.15, 0.2) is 24.3 Å². The summed E-state index contributed by atoms with van der Waals surface area (Å²) in [6.07, 6.45) is 2.76. The first-order valence-electron chi connectivity index (χ1n) is 8.59. The Labute approximate surface area is 146 Å². The van der Waals surface area contributed by atoms with E-state index in [1.54, 1.807) is 17.0 Å². The van der Waals surface area contributed by atoms with Gasteiger partial charge in [0.1, 0.15) is 5.75 Å². The largest absolute Gasteiger partial charge is 0.482 e. The summed E-state index contributed by atoms with van der Waals surface area (Å²) in [6, 6.07) is 7.30. The number of hydrogen-bond acceptors (Lipinski definition) is 4. The Hall–Kier alpha value is -2.57. The molecule has 1 aliphatic heterocycles. The average molecular weight is 346 g/mol. The molecule has 25 heavy (non-hydrogen) atoms. The van der Waals surface area contributed by atoms with Gasteiger partial charge in [-0.15, -0.1) is 0 Å². The minimum absolute atomic E-state index is 0.0160. The first kappa shape index (κ1) is 17.3. The van der Waals surface area contributed by atoms with Crippen LogP contribution < -0.4 is 15.0 Å². The predicted octanol–water partition coefficient (Wildman–Crippen LogP) is 1.56. The summed E-state index contributed by atoms with van der Waals surface area (Å²) < 4.78 is 5.38. The van der Waals surface area contributed by atoms with E-state index >= 15 is 0 Å². The molecule has 2 aliphatic rings. The zero-order valence-electron chi connectivity index (χ0n) is 13.9. The van der Waals surface area contributed by atoms with Crippen LogP contribution in [0.3, 0.4) is 0 Å². The van der Waals surface area contributed by atoms with Crippen molar-refractivity contribution in [2.45, 2.75) is 38.1 Å². The number of amides is 2. The lowest BCUT2D eigenvalue weighted by Gasteiger charge is -2.30. The van der Waals surface area contributed by atoms with E-state index < -0.39 is 5.97 Å². The van der Waals surface area contributed by atoms with Crippen molar-refractivity contribution in [3.63, 3.8) is 0 Å². The highest BCUT2D eigenvalue weighted by Gasteiger charge is 2.28. The summed E-state index contributed by atoms with van der Waals surface area (Å²) in [7, 11) is 0. The van der Waals surface area contributed by atoms with Crippen molar-refractivity contribution in [3.05, 3.63) is 24.3 Å². The van der Waals surface area contributed by atoms with Crippen molar-refractivity contribution < 1.29 is 24.2 Å². The monoisotopic (exact) mass is 346 g/mol. The van der Waals surface area contributed by atoms with E-state index in [2.05, 4.69) is 5.32 Å². The summed E-state index contributed by atoms with van der Waals surface area (Å²) in [5.74, 6) is -0.677. The lowest BCUT2D eigenvalue weighted by atomic mass is 9.86. The van der Waals surface area contributed by atoms with Gasteiger partial charge in [0.15, 0.2) is 6.61 Å². The van der Waals surface area contributed by atoms with E-state index in [1.165, 1.54) is 0 Å². The zero-order chi connectivity index (χ0) is 17.8. The molecule has 1 saturated carbocycles. The molecule has 7 heteroatoms. The number of carbonyl (C=O) groups is 3. The van der Waals surface area contributed by atoms with E-state index in [1.807, 2.05) is 12.1 Å². The SMILES string of the molecule is O=C(CCN1C(=O)COc2ccccc21)NC1CCC(C(=O)O)CC1. The Morgan fingerprint density at radius 1 is 1.20 bits per heavy atom. The van der Waals surface area contributed by atoms with Crippen LogP contribution in [0.25, 0.3) is 0 Å². The van der Waals surface area contributed by atoms with Gasteiger partial charge in [-0.3, -0.25) is 14.4 Å². The molecule has 0 radical (unpaired) electrons. The number of anilines is 1. The molecule has 1 aromatic carbocycles. The number of para-hydroxylation sites is 2. The Morgan fingerprint density at radius 3 is 2.64 bits per heavy atom. The van der Waals surface area contributed by atoms with Gasteiger partial charge in [0.2, 0.25) is 5.91 Å². The molecule has 1 fully saturated rings. The second-order valence-corrected chi connectivity index (χ2v) is 6.51. The highest BCUT2D eigenvalue weighted by atomic mass is 16.5. The second kappa shape index (κ2) is 7.55.